The Morgan fingerprint density at radius 1 is 1.19 bits per heavy atom. The first-order valence-corrected chi connectivity index (χ1v) is 8.69. The largest absolute Gasteiger partial charge is 0.497 e. The molecule has 3 rings (SSSR count). The molecule has 0 aromatic heterocycles. The Kier molecular flexibility index (Phi) is 5.36. The topological polar surface area (TPSA) is 33.3 Å². The molecule has 0 radical (unpaired) electrons. The zero-order valence-electron chi connectivity index (χ0n) is 14.2. The smallest absolute Gasteiger partial charge is 0.416 e. The lowest BCUT2D eigenvalue weighted by Crippen LogP contribution is -2.34. The number of methoxy groups -OCH3 is 1. The van der Waals surface area contributed by atoms with Crippen LogP contribution in [-0.2, 0) is 12.6 Å². The third-order valence-electron chi connectivity index (χ3n) is 4.42. The number of thiocarbonyl (C=S) groups is 1. The minimum Gasteiger partial charge on any atom is -0.497 e. The van der Waals surface area contributed by atoms with Crippen LogP contribution in [0.1, 0.15) is 35.6 Å². The maximum Gasteiger partial charge on any atom is 0.416 e. The summed E-state index contributed by atoms with van der Waals surface area (Å²) >= 11 is 5.30. The summed E-state index contributed by atoms with van der Waals surface area (Å²) in [7, 11) is 1.63. The van der Waals surface area contributed by atoms with Crippen LogP contribution in [0.4, 0.5) is 18.9 Å². The van der Waals surface area contributed by atoms with Crippen LogP contribution in [0.5, 0.6) is 5.75 Å². The molecular formula is C19H19F3N2OS. The van der Waals surface area contributed by atoms with Gasteiger partial charge in [-0.05, 0) is 72.9 Å². The predicted molar refractivity (Wildman–Crippen MR) is 99.5 cm³/mol. The van der Waals surface area contributed by atoms with Gasteiger partial charge in [-0.15, -0.1) is 0 Å². The van der Waals surface area contributed by atoms with E-state index in [4.69, 9.17) is 17.0 Å². The molecule has 138 valence electrons. The molecule has 0 amide bonds. The predicted octanol–water partition coefficient (Wildman–Crippen LogP) is 5.08. The van der Waals surface area contributed by atoms with Crippen molar-refractivity contribution in [3.63, 3.8) is 0 Å². The minimum absolute atomic E-state index is 0.0236. The van der Waals surface area contributed by atoms with E-state index in [0.717, 1.165) is 42.7 Å². The van der Waals surface area contributed by atoms with Gasteiger partial charge < -0.3 is 15.4 Å². The van der Waals surface area contributed by atoms with E-state index in [1.807, 2.05) is 18.2 Å². The van der Waals surface area contributed by atoms with Gasteiger partial charge >= 0.3 is 6.18 Å². The second-order valence-corrected chi connectivity index (χ2v) is 6.59. The lowest BCUT2D eigenvalue weighted by molar-refractivity contribution is -0.137. The lowest BCUT2D eigenvalue weighted by atomic mass is 9.87. The van der Waals surface area contributed by atoms with Crippen LogP contribution >= 0.6 is 12.2 Å². The highest BCUT2D eigenvalue weighted by molar-refractivity contribution is 7.80. The van der Waals surface area contributed by atoms with E-state index < -0.39 is 11.7 Å². The fourth-order valence-corrected chi connectivity index (χ4v) is 3.43. The van der Waals surface area contributed by atoms with Crippen molar-refractivity contribution in [1.82, 2.24) is 5.32 Å². The van der Waals surface area contributed by atoms with Crippen LogP contribution < -0.4 is 15.4 Å². The van der Waals surface area contributed by atoms with Crippen molar-refractivity contribution in [1.29, 1.82) is 0 Å². The van der Waals surface area contributed by atoms with Crippen molar-refractivity contribution in [2.24, 2.45) is 0 Å². The van der Waals surface area contributed by atoms with E-state index >= 15 is 0 Å². The Labute approximate surface area is 155 Å². The number of hydrogen-bond donors (Lipinski definition) is 2. The summed E-state index contributed by atoms with van der Waals surface area (Å²) in [4.78, 5) is 0. The summed E-state index contributed by atoms with van der Waals surface area (Å²) in [6.07, 6.45) is -1.50. The summed E-state index contributed by atoms with van der Waals surface area (Å²) in [5.74, 6) is 0.814. The van der Waals surface area contributed by atoms with Crippen molar-refractivity contribution < 1.29 is 17.9 Å². The molecule has 0 saturated heterocycles. The van der Waals surface area contributed by atoms with Crippen molar-refractivity contribution in [3.05, 3.63) is 59.2 Å². The molecular weight excluding hydrogens is 361 g/mol. The van der Waals surface area contributed by atoms with E-state index in [2.05, 4.69) is 10.6 Å². The average Bonchev–Trinajstić information content (AvgIpc) is 2.61. The van der Waals surface area contributed by atoms with Gasteiger partial charge in [-0.1, -0.05) is 12.1 Å². The van der Waals surface area contributed by atoms with Gasteiger partial charge in [0.1, 0.15) is 5.75 Å². The molecule has 0 fully saturated rings. The van der Waals surface area contributed by atoms with Crippen LogP contribution in [0.15, 0.2) is 42.5 Å². The second kappa shape index (κ2) is 7.53. The van der Waals surface area contributed by atoms with Gasteiger partial charge in [0.15, 0.2) is 5.11 Å². The molecule has 0 aliphatic heterocycles. The van der Waals surface area contributed by atoms with Gasteiger partial charge in [0, 0.05) is 5.69 Å². The van der Waals surface area contributed by atoms with Crippen molar-refractivity contribution >= 4 is 23.0 Å². The number of aryl methyl sites for hydroxylation is 1. The highest BCUT2D eigenvalue weighted by Crippen LogP contribution is 2.33. The van der Waals surface area contributed by atoms with Crippen molar-refractivity contribution in [2.75, 3.05) is 12.4 Å². The molecule has 3 nitrogen and oxygen atoms in total. The first kappa shape index (κ1) is 18.5. The van der Waals surface area contributed by atoms with E-state index in [0.29, 0.717) is 10.8 Å². The van der Waals surface area contributed by atoms with Crippen LogP contribution in [0.3, 0.4) is 0 Å². The Hall–Kier alpha value is -2.28. The molecule has 0 bridgehead atoms. The molecule has 0 unspecified atom stereocenters. The summed E-state index contributed by atoms with van der Waals surface area (Å²) < 4.78 is 43.7. The minimum atomic E-state index is -4.38. The Morgan fingerprint density at radius 2 is 2.00 bits per heavy atom. The van der Waals surface area contributed by atoms with Crippen molar-refractivity contribution in [3.8, 4) is 5.75 Å². The molecule has 2 aromatic rings. The molecule has 1 atom stereocenters. The van der Waals surface area contributed by atoms with Crippen LogP contribution in [0.2, 0.25) is 0 Å². The average molecular weight is 380 g/mol. The number of anilines is 1. The molecule has 7 heteroatoms. The summed E-state index contributed by atoms with van der Waals surface area (Å²) in [6.45, 7) is 0. The first-order valence-electron chi connectivity index (χ1n) is 8.28. The Bertz CT molecular complexity index is 808. The quantitative estimate of drug-likeness (QED) is 0.728. The van der Waals surface area contributed by atoms with Crippen LogP contribution in [-0.4, -0.2) is 12.2 Å². The monoisotopic (exact) mass is 380 g/mol. The summed E-state index contributed by atoms with van der Waals surface area (Å²) in [6, 6.07) is 11.0. The summed E-state index contributed by atoms with van der Waals surface area (Å²) in [5, 5.41) is 6.37. The zero-order chi connectivity index (χ0) is 18.7. The standard InChI is InChI=1S/C19H19F3N2OS/c1-25-15-8-9-16-12(10-15)4-2-7-17(16)24-18(26)23-14-6-3-5-13(11-14)19(20,21)22/h3,5-6,8-11,17H,2,4,7H2,1H3,(H2,23,24,26)/t17-/m0/s1. The lowest BCUT2D eigenvalue weighted by Gasteiger charge is -2.28. The third-order valence-corrected chi connectivity index (χ3v) is 4.64. The zero-order valence-corrected chi connectivity index (χ0v) is 15.0. The number of fused-ring (bicyclic) bond motifs is 1. The highest BCUT2D eigenvalue weighted by atomic mass is 32.1. The number of rotatable bonds is 3. The molecule has 1 aliphatic rings. The van der Waals surface area contributed by atoms with E-state index in [-0.39, 0.29) is 6.04 Å². The fraction of sp³-hybridized carbons (Fsp3) is 0.316. The normalized spacial score (nSPS) is 16.5. The molecule has 26 heavy (non-hydrogen) atoms. The number of ether oxygens (including phenoxy) is 1. The SMILES string of the molecule is COc1ccc2c(c1)CCC[C@@H]2NC(=S)Nc1cccc(C(F)(F)F)c1. The van der Waals surface area contributed by atoms with Gasteiger partial charge in [-0.3, -0.25) is 0 Å². The van der Waals surface area contributed by atoms with E-state index in [9.17, 15) is 13.2 Å². The van der Waals surface area contributed by atoms with E-state index in [1.165, 1.54) is 11.6 Å². The van der Waals surface area contributed by atoms with Gasteiger partial charge in [-0.2, -0.15) is 13.2 Å². The molecule has 2 aromatic carbocycles. The fourth-order valence-electron chi connectivity index (χ4n) is 3.17. The number of alkyl halides is 3. The highest BCUT2D eigenvalue weighted by Gasteiger charge is 2.30. The molecule has 2 N–H and O–H groups in total. The van der Waals surface area contributed by atoms with Gasteiger partial charge in [0.2, 0.25) is 0 Å². The first-order chi connectivity index (χ1) is 12.4. The molecule has 1 aliphatic carbocycles. The van der Waals surface area contributed by atoms with Gasteiger partial charge in [0.05, 0.1) is 18.7 Å². The van der Waals surface area contributed by atoms with Gasteiger partial charge in [-0.25, -0.2) is 0 Å². The molecule has 0 spiro atoms. The maximum absolute atomic E-state index is 12.8. The van der Waals surface area contributed by atoms with Gasteiger partial charge in [0.25, 0.3) is 0 Å². The number of benzene rings is 2. The maximum atomic E-state index is 12.8. The Morgan fingerprint density at radius 3 is 2.73 bits per heavy atom. The number of hydrogen-bond acceptors (Lipinski definition) is 2. The Balaban J connectivity index is 1.70. The second-order valence-electron chi connectivity index (χ2n) is 6.19. The summed E-state index contributed by atoms with van der Waals surface area (Å²) in [5.41, 5.74) is 1.95. The van der Waals surface area contributed by atoms with Crippen LogP contribution in [0.25, 0.3) is 0 Å². The number of halogens is 3. The van der Waals surface area contributed by atoms with Crippen molar-refractivity contribution in [2.45, 2.75) is 31.5 Å². The van der Waals surface area contributed by atoms with E-state index in [1.54, 1.807) is 13.2 Å². The molecule has 0 heterocycles. The number of nitrogens with one attached hydrogen (secondary N) is 2. The third kappa shape index (κ3) is 4.27. The van der Waals surface area contributed by atoms with Crippen LogP contribution in [0, 0.1) is 0 Å². The molecule has 0 saturated carbocycles.